The third kappa shape index (κ3) is 2.75. The molecule has 3 rings (SSSR count). The molecule has 0 unspecified atom stereocenters. The summed E-state index contributed by atoms with van der Waals surface area (Å²) < 4.78 is 5.38. The fourth-order valence-corrected chi connectivity index (χ4v) is 2.32. The lowest BCUT2D eigenvalue weighted by atomic mass is 10.2. The molecule has 2 aromatic rings. The Hall–Kier alpha value is -2.34. The van der Waals surface area contributed by atoms with Gasteiger partial charge >= 0.3 is 0 Å². The van der Waals surface area contributed by atoms with E-state index >= 15 is 0 Å². The molecule has 1 aliphatic heterocycles. The van der Waals surface area contributed by atoms with E-state index < -0.39 is 0 Å². The van der Waals surface area contributed by atoms with Gasteiger partial charge in [-0.15, -0.1) is 0 Å². The first kappa shape index (κ1) is 13.6. The molecule has 0 spiro atoms. The van der Waals surface area contributed by atoms with Gasteiger partial charge in [-0.05, 0) is 25.1 Å². The van der Waals surface area contributed by atoms with E-state index in [-0.39, 0.29) is 12.5 Å². The molecular weight excluding hydrogens is 292 g/mol. The number of likely N-dealkylation sites (N-methyl/N-ethyl adjacent to an activating group) is 1. The fourth-order valence-electron chi connectivity index (χ4n) is 2.09. The lowest BCUT2D eigenvalue weighted by molar-refractivity contribution is -0.120. The Morgan fingerprint density at radius 3 is 2.90 bits per heavy atom. The summed E-state index contributed by atoms with van der Waals surface area (Å²) >= 11 is 5.91. The number of ether oxygens (including phenoxy) is 1. The highest BCUT2D eigenvalue weighted by molar-refractivity contribution is 6.29. The molecule has 6 nitrogen and oxygen atoms in total. The van der Waals surface area contributed by atoms with Crippen LogP contribution < -0.4 is 15.0 Å². The number of carbonyl (C=O) groups excluding carboxylic acids is 1. The Bertz CT molecular complexity index is 700. The Labute approximate surface area is 126 Å². The lowest BCUT2D eigenvalue weighted by Gasteiger charge is -2.26. The Kier molecular flexibility index (Phi) is 3.39. The van der Waals surface area contributed by atoms with Crippen LogP contribution in [-0.2, 0) is 4.79 Å². The first-order valence-corrected chi connectivity index (χ1v) is 6.72. The van der Waals surface area contributed by atoms with Crippen LogP contribution in [-0.4, -0.2) is 29.5 Å². The molecule has 1 amide bonds. The summed E-state index contributed by atoms with van der Waals surface area (Å²) in [5, 5.41) is 3.52. The second kappa shape index (κ2) is 5.21. The van der Waals surface area contributed by atoms with Crippen LogP contribution in [0.1, 0.15) is 5.82 Å². The maximum atomic E-state index is 11.7. The Morgan fingerprint density at radius 1 is 1.33 bits per heavy atom. The van der Waals surface area contributed by atoms with Crippen molar-refractivity contribution in [3.63, 3.8) is 0 Å². The first-order valence-electron chi connectivity index (χ1n) is 6.34. The molecule has 1 aliphatic rings. The summed E-state index contributed by atoms with van der Waals surface area (Å²) in [6, 6.07) is 7.14. The zero-order valence-corrected chi connectivity index (χ0v) is 12.3. The average Bonchev–Trinajstić information content (AvgIpc) is 2.42. The molecule has 0 aliphatic carbocycles. The van der Waals surface area contributed by atoms with Crippen molar-refractivity contribution in [2.45, 2.75) is 6.92 Å². The number of rotatable bonds is 2. The number of hydrogen-bond donors (Lipinski definition) is 1. The molecule has 0 saturated heterocycles. The van der Waals surface area contributed by atoms with Gasteiger partial charge in [-0.2, -0.15) is 0 Å². The molecule has 0 atom stereocenters. The summed E-state index contributed by atoms with van der Waals surface area (Å²) in [5.74, 6) is 1.77. The van der Waals surface area contributed by atoms with Gasteiger partial charge in [0, 0.05) is 18.8 Å². The van der Waals surface area contributed by atoms with Crippen molar-refractivity contribution in [1.82, 2.24) is 9.97 Å². The standard InChI is InChI=1S/C14H13ClN4O2/c1-8-16-12(15)6-13(17-8)18-9-3-4-11-10(5-9)19(2)14(20)7-21-11/h3-6H,7H2,1-2H3,(H,16,17,18). The number of halogens is 1. The van der Waals surface area contributed by atoms with Crippen molar-refractivity contribution in [2.24, 2.45) is 0 Å². The maximum Gasteiger partial charge on any atom is 0.264 e. The van der Waals surface area contributed by atoms with Gasteiger partial charge in [0.15, 0.2) is 6.61 Å². The molecule has 108 valence electrons. The molecule has 1 aromatic carbocycles. The molecule has 0 saturated carbocycles. The van der Waals surface area contributed by atoms with Gasteiger partial charge in [0.25, 0.3) is 5.91 Å². The number of fused-ring (bicyclic) bond motifs is 1. The van der Waals surface area contributed by atoms with Crippen LogP contribution in [0.2, 0.25) is 5.15 Å². The maximum absolute atomic E-state index is 11.7. The number of benzene rings is 1. The van der Waals surface area contributed by atoms with Crippen LogP contribution in [0.25, 0.3) is 0 Å². The van der Waals surface area contributed by atoms with Crippen LogP contribution in [0.15, 0.2) is 24.3 Å². The number of anilines is 3. The second-order valence-corrected chi connectivity index (χ2v) is 5.06. The smallest absolute Gasteiger partial charge is 0.264 e. The highest BCUT2D eigenvalue weighted by Gasteiger charge is 2.22. The van der Waals surface area contributed by atoms with Crippen LogP contribution in [0.3, 0.4) is 0 Å². The number of aryl methyl sites for hydroxylation is 1. The van der Waals surface area contributed by atoms with Crippen molar-refractivity contribution in [3.05, 3.63) is 35.2 Å². The van der Waals surface area contributed by atoms with E-state index in [4.69, 9.17) is 16.3 Å². The normalized spacial score (nSPS) is 13.7. The Morgan fingerprint density at radius 2 is 2.14 bits per heavy atom. The molecule has 1 aromatic heterocycles. The molecule has 0 radical (unpaired) electrons. The highest BCUT2D eigenvalue weighted by atomic mass is 35.5. The van der Waals surface area contributed by atoms with Gasteiger partial charge in [0.1, 0.15) is 22.5 Å². The van der Waals surface area contributed by atoms with Crippen molar-refractivity contribution >= 4 is 34.7 Å². The largest absolute Gasteiger partial charge is 0.482 e. The van der Waals surface area contributed by atoms with E-state index in [0.717, 1.165) is 5.69 Å². The zero-order valence-electron chi connectivity index (χ0n) is 11.6. The number of nitrogens with zero attached hydrogens (tertiary/aromatic N) is 3. The quantitative estimate of drug-likeness (QED) is 0.864. The number of aromatic nitrogens is 2. The number of carbonyl (C=O) groups is 1. The average molecular weight is 305 g/mol. The minimum Gasteiger partial charge on any atom is -0.482 e. The van der Waals surface area contributed by atoms with Crippen LogP contribution >= 0.6 is 11.6 Å². The summed E-state index contributed by atoms with van der Waals surface area (Å²) in [5.41, 5.74) is 1.50. The van der Waals surface area contributed by atoms with Crippen molar-refractivity contribution in [2.75, 3.05) is 23.9 Å². The zero-order chi connectivity index (χ0) is 15.0. The molecule has 1 N–H and O–H groups in total. The molecule has 0 bridgehead atoms. The molecular formula is C14H13ClN4O2. The van der Waals surface area contributed by atoms with E-state index in [2.05, 4.69) is 15.3 Å². The minimum absolute atomic E-state index is 0.0665. The van der Waals surface area contributed by atoms with Crippen molar-refractivity contribution in [1.29, 1.82) is 0 Å². The fraction of sp³-hybridized carbons (Fsp3) is 0.214. The van der Waals surface area contributed by atoms with Crippen LogP contribution in [0, 0.1) is 6.92 Å². The molecule has 2 heterocycles. The summed E-state index contributed by atoms with van der Waals surface area (Å²) in [6.45, 7) is 1.83. The van der Waals surface area contributed by atoms with E-state index in [1.807, 2.05) is 18.2 Å². The Balaban J connectivity index is 1.92. The van der Waals surface area contributed by atoms with Gasteiger partial charge in [-0.25, -0.2) is 9.97 Å². The van der Waals surface area contributed by atoms with Gasteiger partial charge in [0.05, 0.1) is 5.69 Å². The number of nitrogens with one attached hydrogen (secondary N) is 1. The van der Waals surface area contributed by atoms with E-state index in [9.17, 15) is 4.79 Å². The number of amides is 1. The SMILES string of the molecule is Cc1nc(Cl)cc(Nc2ccc3c(c2)N(C)C(=O)CO3)n1. The van der Waals surface area contributed by atoms with Gasteiger partial charge in [0.2, 0.25) is 0 Å². The third-order valence-electron chi connectivity index (χ3n) is 3.12. The summed E-state index contributed by atoms with van der Waals surface area (Å²) in [4.78, 5) is 21.5. The van der Waals surface area contributed by atoms with Gasteiger partial charge in [-0.3, -0.25) is 4.79 Å². The van der Waals surface area contributed by atoms with Crippen LogP contribution in [0.4, 0.5) is 17.2 Å². The third-order valence-corrected chi connectivity index (χ3v) is 3.32. The number of hydrogen-bond acceptors (Lipinski definition) is 5. The van der Waals surface area contributed by atoms with E-state index in [1.165, 1.54) is 0 Å². The minimum atomic E-state index is -0.0828. The van der Waals surface area contributed by atoms with Gasteiger partial charge in [-0.1, -0.05) is 11.6 Å². The van der Waals surface area contributed by atoms with E-state index in [1.54, 1.807) is 24.9 Å². The predicted octanol–water partition coefficient (Wildman–Crippen LogP) is 2.54. The second-order valence-electron chi connectivity index (χ2n) is 4.67. The van der Waals surface area contributed by atoms with Crippen LogP contribution in [0.5, 0.6) is 5.75 Å². The summed E-state index contributed by atoms with van der Waals surface area (Å²) in [6.07, 6.45) is 0. The molecule has 0 fully saturated rings. The molecule has 21 heavy (non-hydrogen) atoms. The van der Waals surface area contributed by atoms with E-state index in [0.29, 0.717) is 28.2 Å². The highest BCUT2D eigenvalue weighted by Crippen LogP contribution is 2.34. The lowest BCUT2D eigenvalue weighted by Crippen LogP contribution is -2.35. The summed E-state index contributed by atoms with van der Waals surface area (Å²) in [7, 11) is 1.72. The molecule has 7 heteroatoms. The first-order chi connectivity index (χ1) is 10.0. The van der Waals surface area contributed by atoms with Crippen molar-refractivity contribution in [3.8, 4) is 5.75 Å². The van der Waals surface area contributed by atoms with Gasteiger partial charge < -0.3 is 15.0 Å². The monoisotopic (exact) mass is 304 g/mol. The topological polar surface area (TPSA) is 67.4 Å². The van der Waals surface area contributed by atoms with Crippen molar-refractivity contribution < 1.29 is 9.53 Å². The predicted molar refractivity (Wildman–Crippen MR) is 80.4 cm³/mol.